The number of hydrogen-bond donors (Lipinski definition) is 0. The van der Waals surface area contributed by atoms with Gasteiger partial charge in [-0.05, 0) is 83.3 Å². The summed E-state index contributed by atoms with van der Waals surface area (Å²) in [5.41, 5.74) is 10.8. The molecule has 2 heteroatoms. The molecule has 0 atom stereocenters. The summed E-state index contributed by atoms with van der Waals surface area (Å²) >= 11 is 0. The first-order valence-electron chi connectivity index (χ1n) is 11.3. The van der Waals surface area contributed by atoms with E-state index in [1.807, 2.05) is 0 Å². The summed E-state index contributed by atoms with van der Waals surface area (Å²) in [5.74, 6) is 0. The van der Waals surface area contributed by atoms with Crippen molar-refractivity contribution in [2.45, 2.75) is 40.0 Å². The maximum Gasteiger partial charge on any atom is 0.116 e. The second-order valence-electron chi connectivity index (χ2n) is 9.79. The molecule has 0 N–H and O–H groups in total. The third kappa shape index (κ3) is 2.59. The van der Waals surface area contributed by atoms with Crippen LogP contribution < -0.4 is 0 Å². The molecule has 4 aromatic carbocycles. The summed E-state index contributed by atoms with van der Waals surface area (Å²) in [6, 6.07) is 22.4. The third-order valence-electron chi connectivity index (χ3n) is 7.15. The number of nitrogens with zero attached hydrogens (tertiary/aromatic N) is 2. The Balaban J connectivity index is 1.64. The Morgan fingerprint density at radius 2 is 1.38 bits per heavy atom. The van der Waals surface area contributed by atoms with E-state index in [1.54, 1.807) is 6.33 Å². The monoisotopic (exact) mass is 414 g/mol. The molecule has 0 amide bonds. The van der Waals surface area contributed by atoms with E-state index in [1.165, 1.54) is 60.5 Å². The van der Waals surface area contributed by atoms with Crippen LogP contribution in [-0.2, 0) is 5.41 Å². The Kier molecular flexibility index (Phi) is 3.89. The van der Waals surface area contributed by atoms with Crippen molar-refractivity contribution in [3.05, 3.63) is 94.8 Å². The van der Waals surface area contributed by atoms with Crippen molar-refractivity contribution in [2.75, 3.05) is 0 Å². The van der Waals surface area contributed by atoms with E-state index in [-0.39, 0.29) is 5.41 Å². The molecule has 0 saturated heterocycles. The lowest BCUT2D eigenvalue weighted by molar-refractivity contribution is 0.658. The van der Waals surface area contributed by atoms with Crippen LogP contribution in [0.3, 0.4) is 0 Å². The number of hydrogen-bond acceptors (Lipinski definition) is 2. The predicted octanol–water partition coefficient (Wildman–Crippen LogP) is 7.68. The average Bonchev–Trinajstić information content (AvgIpc) is 2.98. The first-order valence-corrected chi connectivity index (χ1v) is 11.3. The minimum Gasteiger partial charge on any atom is -0.236 e. The highest BCUT2D eigenvalue weighted by Crippen LogP contribution is 2.51. The van der Waals surface area contributed by atoms with Gasteiger partial charge in [0, 0.05) is 22.1 Å². The summed E-state index contributed by atoms with van der Waals surface area (Å²) in [6.07, 6.45) is 1.73. The van der Waals surface area contributed by atoms with Gasteiger partial charge in [-0.1, -0.05) is 55.8 Å². The summed E-state index contributed by atoms with van der Waals surface area (Å²) < 4.78 is 0. The SMILES string of the molecule is Cc1cc(C)c2c(C)cc(-c3ncnc4c3C(C)(C)c3cc5ccccc5cc3-4)cc2c1. The highest BCUT2D eigenvalue weighted by molar-refractivity contribution is 5.96. The van der Waals surface area contributed by atoms with Gasteiger partial charge in [0.1, 0.15) is 6.33 Å². The zero-order valence-electron chi connectivity index (χ0n) is 19.2. The van der Waals surface area contributed by atoms with Crippen LogP contribution in [0.4, 0.5) is 0 Å². The Labute approximate surface area is 189 Å². The van der Waals surface area contributed by atoms with E-state index >= 15 is 0 Å². The summed E-state index contributed by atoms with van der Waals surface area (Å²) in [5, 5.41) is 5.15. The normalized spacial score (nSPS) is 14.0. The highest BCUT2D eigenvalue weighted by Gasteiger charge is 2.39. The van der Waals surface area contributed by atoms with Gasteiger partial charge < -0.3 is 0 Å². The summed E-state index contributed by atoms with van der Waals surface area (Å²) in [4.78, 5) is 9.64. The molecule has 2 nitrogen and oxygen atoms in total. The molecule has 0 unspecified atom stereocenters. The fourth-order valence-corrected chi connectivity index (χ4v) is 5.79. The Morgan fingerprint density at radius 3 is 2.16 bits per heavy atom. The van der Waals surface area contributed by atoms with Crippen LogP contribution in [0.15, 0.2) is 67.0 Å². The van der Waals surface area contributed by atoms with Gasteiger partial charge in [0.05, 0.1) is 11.4 Å². The smallest absolute Gasteiger partial charge is 0.116 e. The number of aromatic nitrogens is 2. The molecule has 5 aromatic rings. The fourth-order valence-electron chi connectivity index (χ4n) is 5.79. The van der Waals surface area contributed by atoms with Gasteiger partial charge >= 0.3 is 0 Å². The first kappa shape index (κ1) is 19.2. The molecular formula is C30H26N2. The molecule has 1 heterocycles. The number of rotatable bonds is 1. The van der Waals surface area contributed by atoms with E-state index < -0.39 is 0 Å². The van der Waals surface area contributed by atoms with Crippen molar-refractivity contribution in [3.8, 4) is 22.5 Å². The molecule has 0 radical (unpaired) electrons. The van der Waals surface area contributed by atoms with Crippen molar-refractivity contribution in [3.63, 3.8) is 0 Å². The third-order valence-corrected chi connectivity index (χ3v) is 7.15. The van der Waals surface area contributed by atoms with Crippen LogP contribution in [0.25, 0.3) is 44.1 Å². The van der Waals surface area contributed by atoms with Crippen LogP contribution in [0, 0.1) is 20.8 Å². The minimum absolute atomic E-state index is 0.170. The topological polar surface area (TPSA) is 25.8 Å². The molecule has 0 bridgehead atoms. The average molecular weight is 415 g/mol. The van der Waals surface area contributed by atoms with Gasteiger partial charge in [0.15, 0.2) is 0 Å². The van der Waals surface area contributed by atoms with E-state index in [9.17, 15) is 0 Å². The van der Waals surface area contributed by atoms with Crippen molar-refractivity contribution < 1.29 is 0 Å². The maximum atomic E-state index is 4.85. The predicted molar refractivity (Wildman–Crippen MR) is 134 cm³/mol. The van der Waals surface area contributed by atoms with Gasteiger partial charge in [0.25, 0.3) is 0 Å². The van der Waals surface area contributed by atoms with Crippen LogP contribution in [-0.4, -0.2) is 9.97 Å². The van der Waals surface area contributed by atoms with Crippen molar-refractivity contribution in [1.29, 1.82) is 0 Å². The first-order chi connectivity index (χ1) is 15.3. The molecule has 1 aliphatic carbocycles. The molecule has 1 aliphatic rings. The zero-order valence-corrected chi connectivity index (χ0v) is 19.2. The van der Waals surface area contributed by atoms with Gasteiger partial charge in [-0.2, -0.15) is 0 Å². The maximum absolute atomic E-state index is 4.85. The van der Waals surface area contributed by atoms with Crippen LogP contribution in [0.2, 0.25) is 0 Å². The second-order valence-corrected chi connectivity index (χ2v) is 9.79. The van der Waals surface area contributed by atoms with Gasteiger partial charge in [-0.25, -0.2) is 9.97 Å². The van der Waals surface area contributed by atoms with Gasteiger partial charge in [-0.3, -0.25) is 0 Å². The lowest BCUT2D eigenvalue weighted by Crippen LogP contribution is -2.17. The Morgan fingerprint density at radius 1 is 0.688 bits per heavy atom. The van der Waals surface area contributed by atoms with E-state index in [4.69, 9.17) is 9.97 Å². The lowest BCUT2D eigenvalue weighted by Gasteiger charge is -2.24. The largest absolute Gasteiger partial charge is 0.236 e. The molecule has 0 aliphatic heterocycles. The molecule has 6 rings (SSSR count). The van der Waals surface area contributed by atoms with E-state index in [0.29, 0.717) is 0 Å². The fraction of sp³-hybridized carbons (Fsp3) is 0.200. The van der Waals surface area contributed by atoms with E-state index in [0.717, 1.165) is 11.4 Å². The zero-order chi connectivity index (χ0) is 22.2. The lowest BCUT2D eigenvalue weighted by atomic mass is 9.80. The van der Waals surface area contributed by atoms with Crippen molar-refractivity contribution in [1.82, 2.24) is 9.97 Å². The molecular weight excluding hydrogens is 388 g/mol. The molecule has 0 fully saturated rings. The number of aryl methyl sites for hydroxylation is 3. The van der Waals surface area contributed by atoms with Crippen LogP contribution in [0.5, 0.6) is 0 Å². The van der Waals surface area contributed by atoms with Crippen LogP contribution >= 0.6 is 0 Å². The van der Waals surface area contributed by atoms with Crippen LogP contribution in [0.1, 0.15) is 41.7 Å². The Bertz CT molecular complexity index is 1570. The van der Waals surface area contributed by atoms with Crippen molar-refractivity contribution in [2.24, 2.45) is 0 Å². The molecule has 0 saturated carbocycles. The minimum atomic E-state index is -0.170. The second kappa shape index (κ2) is 6.49. The quantitative estimate of drug-likeness (QED) is 0.281. The number of benzene rings is 4. The number of fused-ring (bicyclic) bond motifs is 5. The molecule has 1 aromatic heterocycles. The highest BCUT2D eigenvalue weighted by atomic mass is 14.9. The standard InChI is InChI=1S/C30H26N2/c1-17-10-18(2)26-19(3)12-23(13-22(26)11-17)28-27-29(32-16-31-28)24-14-20-8-6-7-9-21(20)15-25(24)30(27,4)5/h6-16H,1-5H3. The summed E-state index contributed by atoms with van der Waals surface area (Å²) in [6.45, 7) is 11.2. The summed E-state index contributed by atoms with van der Waals surface area (Å²) in [7, 11) is 0. The molecule has 32 heavy (non-hydrogen) atoms. The van der Waals surface area contributed by atoms with Gasteiger partial charge in [0.2, 0.25) is 0 Å². The molecule has 0 spiro atoms. The van der Waals surface area contributed by atoms with Crippen molar-refractivity contribution >= 4 is 21.5 Å². The van der Waals surface area contributed by atoms with Gasteiger partial charge in [-0.15, -0.1) is 0 Å². The Hall–Kier alpha value is -3.52. The van der Waals surface area contributed by atoms with E-state index in [2.05, 4.69) is 95.3 Å². The molecule has 156 valence electrons.